The van der Waals surface area contributed by atoms with Gasteiger partial charge in [0.1, 0.15) is 5.60 Å². The molecule has 0 fully saturated rings. The van der Waals surface area contributed by atoms with Gasteiger partial charge in [0.25, 0.3) is 0 Å². The quantitative estimate of drug-likeness (QED) is 0.397. The van der Waals surface area contributed by atoms with Crippen molar-refractivity contribution >= 4 is 11.8 Å². The van der Waals surface area contributed by atoms with Gasteiger partial charge in [-0.2, -0.15) is 0 Å². The minimum absolute atomic E-state index is 0.229. The third-order valence-corrected chi connectivity index (χ3v) is 2.14. The highest BCUT2D eigenvalue weighted by atomic mass is 16.6. The second-order valence-corrected chi connectivity index (χ2v) is 4.73. The predicted molar refractivity (Wildman–Crippen MR) is 69.9 cm³/mol. The molecule has 0 aliphatic carbocycles. The van der Waals surface area contributed by atoms with Crippen LogP contribution in [-0.4, -0.2) is 23.0 Å². The molecule has 0 aliphatic heterocycles. The lowest BCUT2D eigenvalue weighted by Crippen LogP contribution is -2.32. The number of carbonyl (C=O) groups excluding carboxylic acids is 2. The summed E-state index contributed by atoms with van der Waals surface area (Å²) in [6, 6.07) is 0. The first kappa shape index (κ1) is 16.2. The van der Waals surface area contributed by atoms with Crippen molar-refractivity contribution in [3.63, 3.8) is 0 Å². The smallest absolute Gasteiger partial charge is 0.330 e. The van der Waals surface area contributed by atoms with Gasteiger partial charge in [-0.15, -0.1) is 0 Å². The fourth-order valence-corrected chi connectivity index (χ4v) is 1.01. The van der Waals surface area contributed by atoms with Crippen LogP contribution >= 0.6 is 0 Å². The molecule has 0 aromatic heterocycles. The molecule has 0 spiro atoms. The lowest BCUT2D eigenvalue weighted by Gasteiger charge is -2.23. The standard InChI is InChI=1S/C14H20O4/c1-7-11(15)14(5,6)17-10-9-13(3,4)18-12(16)8-2/h7-10H,1-2H2,3-6H3. The molecule has 0 rings (SSSR count). The van der Waals surface area contributed by atoms with Gasteiger partial charge in [0.05, 0.1) is 6.26 Å². The number of rotatable bonds is 7. The van der Waals surface area contributed by atoms with E-state index in [9.17, 15) is 9.59 Å². The van der Waals surface area contributed by atoms with Gasteiger partial charge in [-0.05, 0) is 39.8 Å². The second kappa shape index (κ2) is 6.19. The molecule has 0 aliphatic rings. The first-order valence-electron chi connectivity index (χ1n) is 5.52. The van der Waals surface area contributed by atoms with Gasteiger partial charge in [0.15, 0.2) is 11.4 Å². The van der Waals surface area contributed by atoms with Crippen LogP contribution in [0.25, 0.3) is 0 Å². The van der Waals surface area contributed by atoms with E-state index >= 15 is 0 Å². The molecule has 0 atom stereocenters. The Morgan fingerprint density at radius 3 is 2.06 bits per heavy atom. The zero-order valence-electron chi connectivity index (χ0n) is 11.4. The average Bonchev–Trinajstić information content (AvgIpc) is 2.26. The van der Waals surface area contributed by atoms with Gasteiger partial charge in [-0.3, -0.25) is 4.79 Å². The van der Waals surface area contributed by atoms with Gasteiger partial charge in [-0.1, -0.05) is 13.2 Å². The summed E-state index contributed by atoms with van der Waals surface area (Å²) < 4.78 is 10.4. The Morgan fingerprint density at radius 1 is 1.06 bits per heavy atom. The molecule has 0 saturated heterocycles. The van der Waals surface area contributed by atoms with Crippen molar-refractivity contribution in [2.75, 3.05) is 0 Å². The zero-order chi connectivity index (χ0) is 14.4. The molecule has 0 aromatic carbocycles. The maximum absolute atomic E-state index is 11.4. The molecule has 0 heterocycles. The number of hydrogen-bond acceptors (Lipinski definition) is 4. The normalized spacial score (nSPS) is 12.0. The van der Waals surface area contributed by atoms with Gasteiger partial charge in [-0.25, -0.2) is 4.79 Å². The summed E-state index contributed by atoms with van der Waals surface area (Å²) in [6.45, 7) is 13.4. The van der Waals surface area contributed by atoms with E-state index in [4.69, 9.17) is 9.47 Å². The molecule has 100 valence electrons. The molecular formula is C14H20O4. The Hall–Kier alpha value is -1.84. The van der Waals surface area contributed by atoms with E-state index < -0.39 is 17.2 Å². The molecule has 0 saturated carbocycles. The minimum atomic E-state index is -0.989. The van der Waals surface area contributed by atoms with Crippen LogP contribution in [0.2, 0.25) is 0 Å². The Morgan fingerprint density at radius 2 is 1.61 bits per heavy atom. The molecular weight excluding hydrogens is 232 g/mol. The SMILES string of the molecule is C=CC(=O)OC(C)(C)C=COC(C)(C)C(=O)C=C. The van der Waals surface area contributed by atoms with Gasteiger partial charge in [0, 0.05) is 6.08 Å². The van der Waals surface area contributed by atoms with E-state index in [1.54, 1.807) is 33.8 Å². The highest BCUT2D eigenvalue weighted by molar-refractivity contribution is 5.95. The largest absolute Gasteiger partial charge is 0.488 e. The Kier molecular flexibility index (Phi) is 5.56. The summed E-state index contributed by atoms with van der Waals surface area (Å²) in [6.07, 6.45) is 5.18. The third kappa shape index (κ3) is 5.48. The van der Waals surface area contributed by atoms with Gasteiger partial charge in [0.2, 0.25) is 0 Å². The lowest BCUT2D eigenvalue weighted by atomic mass is 10.0. The molecule has 0 radical (unpaired) electrons. The van der Waals surface area contributed by atoms with Crippen molar-refractivity contribution in [1.82, 2.24) is 0 Å². The second-order valence-electron chi connectivity index (χ2n) is 4.73. The number of carbonyl (C=O) groups is 2. The predicted octanol–water partition coefficient (Wildman–Crippen LogP) is 2.56. The molecule has 4 heteroatoms. The maximum Gasteiger partial charge on any atom is 0.330 e. The van der Waals surface area contributed by atoms with E-state index in [1.165, 1.54) is 12.3 Å². The molecule has 0 amide bonds. The van der Waals surface area contributed by atoms with Crippen LogP contribution in [0.1, 0.15) is 27.7 Å². The van der Waals surface area contributed by atoms with Crippen molar-refractivity contribution < 1.29 is 19.1 Å². The fourth-order valence-electron chi connectivity index (χ4n) is 1.01. The summed E-state index contributed by atoms with van der Waals surface area (Å²) in [7, 11) is 0. The van der Waals surface area contributed by atoms with Crippen LogP contribution in [0.3, 0.4) is 0 Å². The summed E-state index contributed by atoms with van der Waals surface area (Å²) in [4.78, 5) is 22.5. The highest BCUT2D eigenvalue weighted by Gasteiger charge is 2.26. The van der Waals surface area contributed by atoms with Crippen LogP contribution < -0.4 is 0 Å². The zero-order valence-corrected chi connectivity index (χ0v) is 11.4. The Labute approximate surface area is 108 Å². The number of esters is 1. The third-order valence-electron chi connectivity index (χ3n) is 2.14. The summed E-state index contributed by atoms with van der Waals surface area (Å²) in [5.41, 5.74) is -1.82. The van der Waals surface area contributed by atoms with Crippen LogP contribution in [-0.2, 0) is 19.1 Å². The van der Waals surface area contributed by atoms with Crippen LogP contribution in [0.15, 0.2) is 37.6 Å². The van der Waals surface area contributed by atoms with Crippen molar-refractivity contribution in [1.29, 1.82) is 0 Å². The van der Waals surface area contributed by atoms with E-state index in [-0.39, 0.29) is 5.78 Å². The number of ether oxygens (including phenoxy) is 2. The van der Waals surface area contributed by atoms with E-state index in [1.807, 2.05) is 0 Å². The monoisotopic (exact) mass is 252 g/mol. The summed E-state index contributed by atoms with van der Waals surface area (Å²) >= 11 is 0. The molecule has 0 bridgehead atoms. The first-order valence-corrected chi connectivity index (χ1v) is 5.52. The average molecular weight is 252 g/mol. The summed E-state index contributed by atoms with van der Waals surface area (Å²) in [5.74, 6) is -0.751. The van der Waals surface area contributed by atoms with Crippen molar-refractivity contribution in [3.05, 3.63) is 37.6 Å². The minimum Gasteiger partial charge on any atom is -0.488 e. The molecule has 18 heavy (non-hydrogen) atoms. The molecule has 0 unspecified atom stereocenters. The van der Waals surface area contributed by atoms with Gasteiger partial charge >= 0.3 is 5.97 Å². The Balaban J connectivity index is 4.56. The first-order chi connectivity index (χ1) is 8.14. The van der Waals surface area contributed by atoms with Crippen LogP contribution in [0.5, 0.6) is 0 Å². The highest BCUT2D eigenvalue weighted by Crippen LogP contribution is 2.16. The molecule has 4 nitrogen and oxygen atoms in total. The van der Waals surface area contributed by atoms with E-state index in [2.05, 4.69) is 13.2 Å². The molecule has 0 N–H and O–H groups in total. The van der Waals surface area contributed by atoms with Crippen molar-refractivity contribution in [3.8, 4) is 0 Å². The maximum atomic E-state index is 11.4. The van der Waals surface area contributed by atoms with E-state index in [0.29, 0.717) is 0 Å². The fraction of sp³-hybridized carbons (Fsp3) is 0.429. The lowest BCUT2D eigenvalue weighted by molar-refractivity contribution is -0.146. The van der Waals surface area contributed by atoms with Crippen LogP contribution in [0.4, 0.5) is 0 Å². The van der Waals surface area contributed by atoms with Crippen LogP contribution in [0, 0.1) is 0 Å². The van der Waals surface area contributed by atoms with Crippen molar-refractivity contribution in [2.24, 2.45) is 0 Å². The van der Waals surface area contributed by atoms with Crippen molar-refractivity contribution in [2.45, 2.75) is 38.9 Å². The molecule has 0 aromatic rings. The number of ketones is 1. The topological polar surface area (TPSA) is 52.6 Å². The van der Waals surface area contributed by atoms with E-state index in [0.717, 1.165) is 6.08 Å². The summed E-state index contributed by atoms with van der Waals surface area (Å²) in [5, 5.41) is 0. The number of hydrogen-bond donors (Lipinski definition) is 0. The Bertz CT molecular complexity index is 375. The van der Waals surface area contributed by atoms with Gasteiger partial charge < -0.3 is 9.47 Å².